The number of fused-ring (bicyclic) bond motifs is 3. The van der Waals surface area contributed by atoms with Gasteiger partial charge in [0.05, 0.1) is 0 Å². The maximum Gasteiger partial charge on any atom is 0.323 e. The largest absolute Gasteiger partial charge is 0.480 e. The maximum atomic E-state index is 12.6. The zero-order valence-corrected chi connectivity index (χ0v) is 11.9. The van der Waals surface area contributed by atoms with Crippen LogP contribution in [0.3, 0.4) is 0 Å². The van der Waals surface area contributed by atoms with Gasteiger partial charge in [-0.05, 0) is 35.8 Å². The van der Waals surface area contributed by atoms with Gasteiger partial charge in [0.25, 0.3) is 0 Å². The molecule has 1 N–H and O–H groups in total. The van der Waals surface area contributed by atoms with Crippen molar-refractivity contribution >= 4 is 11.9 Å². The lowest BCUT2D eigenvalue weighted by Gasteiger charge is -2.19. The summed E-state index contributed by atoms with van der Waals surface area (Å²) in [5, 5.41) is 8.95. The lowest BCUT2D eigenvalue weighted by atomic mass is 9.92. The zero-order chi connectivity index (χ0) is 15.0. The van der Waals surface area contributed by atoms with Crippen LogP contribution in [0.5, 0.6) is 0 Å². The number of amides is 1. The molecule has 1 aromatic carbocycles. The number of carbonyl (C=O) groups is 2. The fourth-order valence-corrected chi connectivity index (χ4v) is 3.67. The lowest BCUT2D eigenvalue weighted by Crippen LogP contribution is -2.37. The van der Waals surface area contributed by atoms with Crippen LogP contribution in [0, 0.1) is 11.8 Å². The van der Waals surface area contributed by atoms with Gasteiger partial charge in [0.2, 0.25) is 5.91 Å². The monoisotopic (exact) mass is 285 g/mol. The van der Waals surface area contributed by atoms with E-state index < -0.39 is 5.97 Å². The van der Waals surface area contributed by atoms with Crippen LogP contribution in [-0.2, 0) is 16.0 Å². The fourth-order valence-electron chi connectivity index (χ4n) is 3.67. The summed E-state index contributed by atoms with van der Waals surface area (Å²) in [5.41, 5.74) is 2.61. The zero-order valence-electron chi connectivity index (χ0n) is 11.9. The van der Waals surface area contributed by atoms with E-state index >= 15 is 0 Å². The van der Waals surface area contributed by atoms with Gasteiger partial charge in [-0.1, -0.05) is 30.3 Å². The molecule has 21 heavy (non-hydrogen) atoms. The highest BCUT2D eigenvalue weighted by atomic mass is 16.4. The van der Waals surface area contributed by atoms with E-state index in [1.807, 2.05) is 12.1 Å². The number of aryl methyl sites for hydroxylation is 1. The second kappa shape index (κ2) is 5.35. The van der Waals surface area contributed by atoms with Gasteiger partial charge in [-0.25, -0.2) is 0 Å². The van der Waals surface area contributed by atoms with Gasteiger partial charge in [0, 0.05) is 12.5 Å². The molecule has 0 aliphatic heterocycles. The Labute approximate surface area is 124 Å². The van der Waals surface area contributed by atoms with E-state index in [1.165, 1.54) is 16.0 Å². The number of carboxylic acids is 1. The quantitative estimate of drug-likeness (QED) is 0.842. The number of carbonyl (C=O) groups excluding carboxylic acids is 1. The predicted octanol–water partition coefficient (Wildman–Crippen LogP) is 2.06. The molecule has 1 amide bonds. The molecule has 1 fully saturated rings. The van der Waals surface area contributed by atoms with Gasteiger partial charge in [-0.15, -0.1) is 6.58 Å². The number of carboxylic acid groups (broad SMARTS) is 1. The van der Waals surface area contributed by atoms with Crippen molar-refractivity contribution in [3.05, 3.63) is 48.0 Å². The molecule has 3 rings (SSSR count). The molecule has 1 saturated carbocycles. The minimum absolute atomic E-state index is 0.0380. The van der Waals surface area contributed by atoms with Crippen LogP contribution in [0.1, 0.15) is 23.5 Å². The van der Waals surface area contributed by atoms with Crippen molar-refractivity contribution in [3.63, 3.8) is 0 Å². The number of nitrogens with zero attached hydrogens (tertiary/aromatic N) is 1. The summed E-state index contributed by atoms with van der Waals surface area (Å²) in [5.74, 6) is -0.400. The van der Waals surface area contributed by atoms with Crippen molar-refractivity contribution in [2.24, 2.45) is 11.8 Å². The smallest absolute Gasteiger partial charge is 0.323 e. The Morgan fingerprint density at radius 1 is 1.38 bits per heavy atom. The van der Waals surface area contributed by atoms with Crippen molar-refractivity contribution in [1.82, 2.24) is 4.90 Å². The van der Waals surface area contributed by atoms with Crippen molar-refractivity contribution in [2.45, 2.75) is 18.8 Å². The minimum Gasteiger partial charge on any atom is -0.480 e. The summed E-state index contributed by atoms with van der Waals surface area (Å²) in [7, 11) is 0. The number of hydrogen-bond donors (Lipinski definition) is 1. The molecule has 4 heteroatoms. The third kappa shape index (κ3) is 2.46. The van der Waals surface area contributed by atoms with Crippen LogP contribution < -0.4 is 0 Å². The number of hydrogen-bond acceptors (Lipinski definition) is 2. The van der Waals surface area contributed by atoms with Crippen molar-refractivity contribution in [2.75, 3.05) is 13.1 Å². The van der Waals surface area contributed by atoms with Crippen LogP contribution in [-0.4, -0.2) is 35.0 Å². The Hall–Kier alpha value is -2.10. The molecule has 0 aromatic heterocycles. The van der Waals surface area contributed by atoms with Gasteiger partial charge in [0.15, 0.2) is 0 Å². The van der Waals surface area contributed by atoms with Gasteiger partial charge in [-0.2, -0.15) is 0 Å². The highest BCUT2D eigenvalue weighted by Crippen LogP contribution is 2.60. The van der Waals surface area contributed by atoms with E-state index in [4.69, 9.17) is 5.11 Å². The molecule has 0 saturated heterocycles. The van der Waals surface area contributed by atoms with Crippen LogP contribution >= 0.6 is 0 Å². The summed E-state index contributed by atoms with van der Waals surface area (Å²) in [4.78, 5) is 24.9. The van der Waals surface area contributed by atoms with E-state index in [1.54, 1.807) is 6.08 Å². The molecular weight excluding hydrogens is 266 g/mol. The van der Waals surface area contributed by atoms with E-state index in [-0.39, 0.29) is 24.3 Å². The Morgan fingerprint density at radius 3 is 2.86 bits per heavy atom. The number of benzene rings is 1. The first kappa shape index (κ1) is 13.9. The van der Waals surface area contributed by atoms with Gasteiger partial charge in [0.1, 0.15) is 6.54 Å². The fraction of sp³-hybridized carbons (Fsp3) is 0.412. The lowest BCUT2D eigenvalue weighted by molar-refractivity contribution is -0.144. The van der Waals surface area contributed by atoms with E-state index in [9.17, 15) is 9.59 Å². The predicted molar refractivity (Wildman–Crippen MR) is 78.9 cm³/mol. The first-order chi connectivity index (χ1) is 10.1. The molecule has 4 nitrogen and oxygen atoms in total. The molecule has 110 valence electrons. The molecular formula is C17H19NO3. The molecule has 3 atom stereocenters. The molecule has 0 bridgehead atoms. The van der Waals surface area contributed by atoms with Crippen molar-refractivity contribution < 1.29 is 14.7 Å². The van der Waals surface area contributed by atoms with Crippen LogP contribution in [0.2, 0.25) is 0 Å². The molecule has 3 unspecified atom stereocenters. The molecule has 0 radical (unpaired) electrons. The number of rotatable bonds is 5. The summed E-state index contributed by atoms with van der Waals surface area (Å²) in [6, 6.07) is 8.28. The third-order valence-corrected chi connectivity index (χ3v) is 4.60. The summed E-state index contributed by atoms with van der Waals surface area (Å²) >= 11 is 0. The van der Waals surface area contributed by atoms with Gasteiger partial charge >= 0.3 is 5.97 Å². The van der Waals surface area contributed by atoms with Crippen LogP contribution in [0.15, 0.2) is 36.9 Å². The van der Waals surface area contributed by atoms with Gasteiger partial charge in [-0.3, -0.25) is 9.59 Å². The Balaban J connectivity index is 1.78. The molecule has 2 aliphatic rings. The molecule has 0 spiro atoms. The summed E-state index contributed by atoms with van der Waals surface area (Å²) in [6.07, 6.45) is 3.62. The normalized spacial score (nSPS) is 25.4. The summed E-state index contributed by atoms with van der Waals surface area (Å²) < 4.78 is 0. The van der Waals surface area contributed by atoms with E-state index in [2.05, 4.69) is 18.7 Å². The minimum atomic E-state index is -0.978. The van der Waals surface area contributed by atoms with Crippen LogP contribution in [0.25, 0.3) is 0 Å². The molecule has 2 aliphatic carbocycles. The van der Waals surface area contributed by atoms with E-state index in [0.717, 1.165) is 12.8 Å². The standard InChI is InChI=1S/C17H19NO3/c1-2-9-18(10-14(19)20)17(21)16-13-8-7-11-5-3-4-6-12(11)15(13)16/h2-6,13,15-16H,1,7-10H2,(H,19,20). The second-order valence-corrected chi connectivity index (χ2v) is 5.85. The number of aliphatic carboxylic acids is 1. The second-order valence-electron chi connectivity index (χ2n) is 5.85. The average Bonchev–Trinajstić information content (AvgIpc) is 3.20. The highest BCUT2D eigenvalue weighted by Gasteiger charge is 2.57. The summed E-state index contributed by atoms with van der Waals surface area (Å²) in [6.45, 7) is 3.66. The van der Waals surface area contributed by atoms with Crippen molar-refractivity contribution in [3.8, 4) is 0 Å². The maximum absolute atomic E-state index is 12.6. The molecule has 0 heterocycles. The van der Waals surface area contributed by atoms with Crippen molar-refractivity contribution in [1.29, 1.82) is 0 Å². The Kier molecular flexibility index (Phi) is 3.53. The highest BCUT2D eigenvalue weighted by molar-refractivity contribution is 5.87. The van der Waals surface area contributed by atoms with E-state index in [0.29, 0.717) is 12.5 Å². The van der Waals surface area contributed by atoms with Crippen LogP contribution in [0.4, 0.5) is 0 Å². The first-order valence-electron chi connectivity index (χ1n) is 7.32. The Bertz CT molecular complexity index is 595. The Morgan fingerprint density at radius 2 is 2.14 bits per heavy atom. The van der Waals surface area contributed by atoms with Gasteiger partial charge < -0.3 is 10.0 Å². The molecule has 1 aromatic rings. The third-order valence-electron chi connectivity index (χ3n) is 4.60. The topological polar surface area (TPSA) is 57.6 Å². The SMILES string of the molecule is C=CCN(CC(=O)O)C(=O)C1C2CCc3ccccc3C21. The first-order valence-corrected chi connectivity index (χ1v) is 7.32. The average molecular weight is 285 g/mol.